The average Bonchev–Trinajstić information content (AvgIpc) is 2.43. The van der Waals surface area contributed by atoms with Gasteiger partial charge in [-0.1, -0.05) is 12.1 Å². The lowest BCUT2D eigenvalue weighted by atomic mass is 10.0. The molecule has 0 spiro atoms. The van der Waals surface area contributed by atoms with Gasteiger partial charge < -0.3 is 5.73 Å². The van der Waals surface area contributed by atoms with Crippen LogP contribution in [0.3, 0.4) is 0 Å². The van der Waals surface area contributed by atoms with Crippen molar-refractivity contribution in [1.82, 2.24) is 0 Å². The Labute approximate surface area is 109 Å². The van der Waals surface area contributed by atoms with Crippen molar-refractivity contribution >= 4 is 0 Å². The van der Waals surface area contributed by atoms with E-state index in [-0.39, 0.29) is 12.1 Å². The Hall–Kier alpha value is -2.02. The highest BCUT2D eigenvalue weighted by Gasteiger charge is 2.26. The SMILES string of the molecule is NCc1ccc(-c2c(F)c(F)c(F)c(F)c2F)cc1F. The molecule has 0 fully saturated rings. The van der Waals surface area contributed by atoms with Crippen LogP contribution in [0.15, 0.2) is 18.2 Å². The second-order valence-electron chi connectivity index (χ2n) is 3.96. The zero-order valence-corrected chi connectivity index (χ0v) is 9.78. The van der Waals surface area contributed by atoms with E-state index in [9.17, 15) is 26.3 Å². The van der Waals surface area contributed by atoms with Crippen molar-refractivity contribution in [2.24, 2.45) is 5.73 Å². The molecular formula is C13H7F6N. The van der Waals surface area contributed by atoms with E-state index >= 15 is 0 Å². The molecule has 2 aromatic carbocycles. The molecule has 1 nitrogen and oxygen atoms in total. The first-order valence-electron chi connectivity index (χ1n) is 5.38. The van der Waals surface area contributed by atoms with Crippen molar-refractivity contribution < 1.29 is 26.3 Å². The summed E-state index contributed by atoms with van der Waals surface area (Å²) in [6, 6.07) is 2.81. The monoisotopic (exact) mass is 291 g/mol. The van der Waals surface area contributed by atoms with Crippen molar-refractivity contribution in [1.29, 1.82) is 0 Å². The Bertz CT molecular complexity index is 654. The fraction of sp³-hybridized carbons (Fsp3) is 0.0769. The van der Waals surface area contributed by atoms with Crippen molar-refractivity contribution in [2.75, 3.05) is 0 Å². The van der Waals surface area contributed by atoms with Gasteiger partial charge in [-0.2, -0.15) is 0 Å². The second-order valence-corrected chi connectivity index (χ2v) is 3.96. The van der Waals surface area contributed by atoms with Crippen LogP contribution >= 0.6 is 0 Å². The minimum atomic E-state index is -2.26. The molecule has 0 saturated carbocycles. The predicted molar refractivity (Wildman–Crippen MR) is 59.5 cm³/mol. The molecule has 0 aliphatic rings. The minimum Gasteiger partial charge on any atom is -0.326 e. The van der Waals surface area contributed by atoms with Gasteiger partial charge in [-0.15, -0.1) is 0 Å². The van der Waals surface area contributed by atoms with Gasteiger partial charge in [0.1, 0.15) is 5.82 Å². The van der Waals surface area contributed by atoms with Gasteiger partial charge in [-0.25, -0.2) is 26.3 Å². The van der Waals surface area contributed by atoms with E-state index in [2.05, 4.69) is 0 Å². The van der Waals surface area contributed by atoms with Gasteiger partial charge in [0.15, 0.2) is 23.3 Å². The lowest BCUT2D eigenvalue weighted by Gasteiger charge is -2.09. The quantitative estimate of drug-likeness (QED) is 0.510. The number of benzene rings is 2. The molecule has 0 amide bonds. The Morgan fingerprint density at radius 2 is 1.25 bits per heavy atom. The molecule has 2 aromatic rings. The number of halogens is 6. The molecule has 7 heteroatoms. The maximum atomic E-state index is 13.5. The number of rotatable bonds is 2. The van der Waals surface area contributed by atoms with Crippen molar-refractivity contribution in [2.45, 2.75) is 6.54 Å². The zero-order valence-electron chi connectivity index (χ0n) is 9.78. The summed E-state index contributed by atoms with van der Waals surface area (Å²) >= 11 is 0. The van der Waals surface area contributed by atoms with E-state index in [0.29, 0.717) is 6.07 Å². The van der Waals surface area contributed by atoms with Gasteiger partial charge in [-0.05, 0) is 11.6 Å². The third-order valence-electron chi connectivity index (χ3n) is 2.77. The van der Waals surface area contributed by atoms with Crippen LogP contribution in [0.5, 0.6) is 0 Å². The Balaban J connectivity index is 2.73. The van der Waals surface area contributed by atoms with Crippen LogP contribution in [0.1, 0.15) is 5.56 Å². The number of hydrogen-bond donors (Lipinski definition) is 1. The largest absolute Gasteiger partial charge is 0.326 e. The summed E-state index contributed by atoms with van der Waals surface area (Å²) in [7, 11) is 0. The van der Waals surface area contributed by atoms with Crippen LogP contribution in [0.4, 0.5) is 26.3 Å². The standard InChI is InChI=1S/C13H7F6N/c14-7-3-5(1-2-6(7)4-20)8-9(15)11(17)13(19)12(18)10(8)16/h1-3H,4,20H2. The first-order valence-corrected chi connectivity index (χ1v) is 5.38. The topological polar surface area (TPSA) is 26.0 Å². The van der Waals surface area contributed by atoms with Gasteiger partial charge in [-0.3, -0.25) is 0 Å². The van der Waals surface area contributed by atoms with E-state index in [0.717, 1.165) is 12.1 Å². The molecule has 106 valence electrons. The Kier molecular flexibility index (Phi) is 3.71. The molecule has 0 radical (unpaired) electrons. The molecule has 0 bridgehead atoms. The van der Waals surface area contributed by atoms with Crippen LogP contribution in [-0.4, -0.2) is 0 Å². The smallest absolute Gasteiger partial charge is 0.200 e. The third-order valence-corrected chi connectivity index (χ3v) is 2.77. The average molecular weight is 291 g/mol. The van der Waals surface area contributed by atoms with Gasteiger partial charge in [0.2, 0.25) is 5.82 Å². The normalized spacial score (nSPS) is 10.9. The van der Waals surface area contributed by atoms with E-state index in [4.69, 9.17) is 5.73 Å². The first-order chi connectivity index (χ1) is 9.38. The lowest BCUT2D eigenvalue weighted by molar-refractivity contribution is 0.381. The summed E-state index contributed by atoms with van der Waals surface area (Å²) in [6.45, 7) is -0.163. The van der Waals surface area contributed by atoms with Gasteiger partial charge in [0, 0.05) is 12.1 Å². The van der Waals surface area contributed by atoms with Crippen molar-refractivity contribution in [3.05, 3.63) is 58.7 Å². The summed E-state index contributed by atoms with van der Waals surface area (Å²) in [5.41, 5.74) is 3.62. The zero-order chi connectivity index (χ0) is 15.0. The molecule has 2 N–H and O–H groups in total. The highest BCUT2D eigenvalue weighted by molar-refractivity contribution is 5.65. The van der Waals surface area contributed by atoms with E-state index in [1.807, 2.05) is 0 Å². The van der Waals surface area contributed by atoms with Crippen LogP contribution in [0.25, 0.3) is 11.1 Å². The fourth-order valence-electron chi connectivity index (χ4n) is 1.73. The number of nitrogens with two attached hydrogens (primary N) is 1. The summed E-state index contributed by atoms with van der Waals surface area (Å²) < 4.78 is 79.6. The van der Waals surface area contributed by atoms with Gasteiger partial charge in [0.25, 0.3) is 0 Å². The van der Waals surface area contributed by atoms with Crippen molar-refractivity contribution in [3.63, 3.8) is 0 Å². The van der Waals surface area contributed by atoms with E-state index < -0.39 is 46.0 Å². The molecule has 0 heterocycles. The molecule has 0 saturated heterocycles. The third kappa shape index (κ3) is 2.14. The molecule has 2 rings (SSSR count). The molecule has 0 unspecified atom stereocenters. The Morgan fingerprint density at radius 3 is 1.70 bits per heavy atom. The van der Waals surface area contributed by atoms with Crippen LogP contribution in [-0.2, 0) is 6.54 Å². The highest BCUT2D eigenvalue weighted by atomic mass is 19.2. The van der Waals surface area contributed by atoms with E-state index in [1.54, 1.807) is 0 Å². The van der Waals surface area contributed by atoms with Crippen LogP contribution in [0, 0.1) is 34.9 Å². The van der Waals surface area contributed by atoms with Gasteiger partial charge >= 0.3 is 0 Å². The first kappa shape index (κ1) is 14.4. The summed E-state index contributed by atoms with van der Waals surface area (Å²) in [4.78, 5) is 0. The van der Waals surface area contributed by atoms with Crippen LogP contribution in [0.2, 0.25) is 0 Å². The summed E-state index contributed by atoms with van der Waals surface area (Å²) in [5.74, 6) is -11.3. The molecule has 0 atom stereocenters. The van der Waals surface area contributed by atoms with Gasteiger partial charge in [0.05, 0.1) is 5.56 Å². The van der Waals surface area contributed by atoms with Crippen molar-refractivity contribution in [3.8, 4) is 11.1 Å². The van der Waals surface area contributed by atoms with Crippen LogP contribution < -0.4 is 5.73 Å². The molecule has 20 heavy (non-hydrogen) atoms. The molecule has 0 aliphatic heterocycles. The molecule has 0 aromatic heterocycles. The second kappa shape index (κ2) is 5.16. The maximum Gasteiger partial charge on any atom is 0.200 e. The highest BCUT2D eigenvalue weighted by Crippen LogP contribution is 2.32. The fourth-order valence-corrected chi connectivity index (χ4v) is 1.73. The predicted octanol–water partition coefficient (Wildman–Crippen LogP) is 3.65. The maximum absolute atomic E-state index is 13.5. The summed E-state index contributed by atoms with van der Waals surface area (Å²) in [6.07, 6.45) is 0. The number of hydrogen-bond acceptors (Lipinski definition) is 1. The van der Waals surface area contributed by atoms with E-state index in [1.165, 1.54) is 0 Å². The Morgan fingerprint density at radius 1 is 0.750 bits per heavy atom. The minimum absolute atomic E-state index is 0.0534. The molecule has 0 aliphatic carbocycles. The summed E-state index contributed by atoms with van der Waals surface area (Å²) in [5, 5.41) is 0. The molecular weight excluding hydrogens is 284 g/mol. The lowest BCUT2D eigenvalue weighted by Crippen LogP contribution is -2.05.